The summed E-state index contributed by atoms with van der Waals surface area (Å²) in [5.41, 5.74) is 9.63. The summed E-state index contributed by atoms with van der Waals surface area (Å²) in [5, 5.41) is 7.96. The molecule has 0 saturated carbocycles. The molecule has 15 heavy (non-hydrogen) atoms. The molecule has 0 radical (unpaired) electrons. The van der Waals surface area contributed by atoms with Crippen LogP contribution in [0.15, 0.2) is 12.1 Å². The SMILES string of the molecule is Nc1ccc(C(=O)O)c(P(=O)(O)O)c1N. The van der Waals surface area contributed by atoms with Crippen LogP contribution in [-0.4, -0.2) is 20.9 Å². The van der Waals surface area contributed by atoms with Crippen molar-refractivity contribution in [2.24, 2.45) is 0 Å². The predicted octanol–water partition coefficient (Wildman–Crippen LogP) is -0.648. The number of nitrogen functional groups attached to an aromatic ring is 2. The Morgan fingerprint density at radius 2 is 1.80 bits per heavy atom. The van der Waals surface area contributed by atoms with Crippen molar-refractivity contribution in [1.29, 1.82) is 0 Å². The molecule has 0 atom stereocenters. The molecule has 0 unspecified atom stereocenters. The number of carboxylic acids is 1. The molecule has 1 aromatic carbocycles. The van der Waals surface area contributed by atoms with Gasteiger partial charge in [-0.05, 0) is 12.1 Å². The van der Waals surface area contributed by atoms with Gasteiger partial charge in [0.1, 0.15) is 5.30 Å². The minimum Gasteiger partial charge on any atom is -0.478 e. The average molecular weight is 232 g/mol. The molecule has 0 spiro atoms. The fraction of sp³-hybridized carbons (Fsp3) is 0. The topological polar surface area (TPSA) is 147 Å². The van der Waals surface area contributed by atoms with E-state index in [0.717, 1.165) is 6.07 Å². The summed E-state index contributed by atoms with van der Waals surface area (Å²) in [5.74, 6) is -1.47. The molecular formula is C7H9N2O5P. The first-order valence-corrected chi connectivity index (χ1v) is 5.33. The highest BCUT2D eigenvalue weighted by Crippen LogP contribution is 2.38. The van der Waals surface area contributed by atoms with Crippen LogP contribution in [0, 0.1) is 0 Å². The summed E-state index contributed by atoms with van der Waals surface area (Å²) in [6.45, 7) is 0. The number of carboxylic acid groups (broad SMARTS) is 1. The maximum Gasteiger partial charge on any atom is 0.359 e. The van der Waals surface area contributed by atoms with Gasteiger partial charge in [-0.3, -0.25) is 4.57 Å². The molecule has 0 bridgehead atoms. The minimum atomic E-state index is -4.76. The summed E-state index contributed by atoms with van der Waals surface area (Å²) < 4.78 is 11.0. The van der Waals surface area contributed by atoms with Gasteiger partial charge < -0.3 is 26.4 Å². The van der Waals surface area contributed by atoms with Crippen molar-refractivity contribution in [3.63, 3.8) is 0 Å². The Morgan fingerprint density at radius 3 is 2.20 bits per heavy atom. The quantitative estimate of drug-likeness (QED) is 0.336. The maximum absolute atomic E-state index is 11.0. The first kappa shape index (κ1) is 11.5. The predicted molar refractivity (Wildman–Crippen MR) is 53.9 cm³/mol. The Balaban J connectivity index is 3.64. The molecule has 0 aliphatic rings. The lowest BCUT2D eigenvalue weighted by Gasteiger charge is -2.12. The van der Waals surface area contributed by atoms with Crippen molar-refractivity contribution in [2.45, 2.75) is 0 Å². The number of rotatable bonds is 2. The van der Waals surface area contributed by atoms with E-state index in [2.05, 4.69) is 0 Å². The molecule has 0 heterocycles. The third-order valence-corrected chi connectivity index (χ3v) is 2.84. The zero-order valence-corrected chi connectivity index (χ0v) is 8.31. The van der Waals surface area contributed by atoms with Crippen LogP contribution in [0.5, 0.6) is 0 Å². The van der Waals surface area contributed by atoms with E-state index in [1.54, 1.807) is 0 Å². The highest BCUT2D eigenvalue weighted by atomic mass is 31.2. The van der Waals surface area contributed by atoms with Crippen LogP contribution in [0.2, 0.25) is 0 Å². The van der Waals surface area contributed by atoms with Crippen molar-refractivity contribution in [2.75, 3.05) is 11.5 Å². The van der Waals surface area contributed by atoms with Gasteiger partial charge in [-0.2, -0.15) is 0 Å². The third kappa shape index (κ3) is 2.10. The van der Waals surface area contributed by atoms with E-state index >= 15 is 0 Å². The van der Waals surface area contributed by atoms with Gasteiger partial charge >= 0.3 is 13.6 Å². The fourth-order valence-electron chi connectivity index (χ4n) is 1.11. The van der Waals surface area contributed by atoms with Gasteiger partial charge in [0.05, 0.1) is 16.9 Å². The van der Waals surface area contributed by atoms with E-state index < -0.39 is 30.1 Å². The molecule has 1 aromatic rings. The van der Waals surface area contributed by atoms with Crippen LogP contribution in [0.3, 0.4) is 0 Å². The largest absolute Gasteiger partial charge is 0.478 e. The standard InChI is InChI=1S/C7H9N2O5P/c8-4-2-1-3(7(10)11)6(5(4)9)15(12,13)14/h1-2H,8-9H2,(H,10,11)(H2,12,13,14). The third-order valence-electron chi connectivity index (χ3n) is 1.77. The van der Waals surface area contributed by atoms with Crippen molar-refractivity contribution in [1.82, 2.24) is 0 Å². The average Bonchev–Trinajstić information content (AvgIpc) is 2.06. The molecule has 82 valence electrons. The molecule has 0 amide bonds. The Hall–Kier alpha value is -1.56. The van der Waals surface area contributed by atoms with Crippen molar-refractivity contribution >= 4 is 30.2 Å². The number of hydrogen-bond acceptors (Lipinski definition) is 4. The molecule has 0 fully saturated rings. The van der Waals surface area contributed by atoms with Gasteiger partial charge in [0, 0.05) is 0 Å². The molecular weight excluding hydrogens is 223 g/mol. The Labute approximate surface area is 84.5 Å². The van der Waals surface area contributed by atoms with E-state index in [9.17, 15) is 9.36 Å². The first-order valence-electron chi connectivity index (χ1n) is 3.72. The maximum atomic E-state index is 11.0. The molecule has 1 rings (SSSR count). The number of carbonyl (C=O) groups is 1. The number of anilines is 2. The number of benzene rings is 1. The van der Waals surface area contributed by atoms with Gasteiger partial charge in [-0.25, -0.2) is 4.79 Å². The summed E-state index contributed by atoms with van der Waals surface area (Å²) in [4.78, 5) is 28.6. The number of aromatic carboxylic acids is 1. The van der Waals surface area contributed by atoms with E-state index in [1.807, 2.05) is 0 Å². The molecule has 0 aliphatic heterocycles. The van der Waals surface area contributed by atoms with Crippen molar-refractivity contribution in [3.05, 3.63) is 17.7 Å². The van der Waals surface area contributed by atoms with Crippen LogP contribution in [-0.2, 0) is 4.57 Å². The Morgan fingerprint density at radius 1 is 1.27 bits per heavy atom. The normalized spacial score (nSPS) is 11.3. The molecule has 7 nitrogen and oxygen atoms in total. The zero-order valence-electron chi connectivity index (χ0n) is 7.41. The zero-order chi connectivity index (χ0) is 11.8. The van der Waals surface area contributed by atoms with Gasteiger partial charge in [0.25, 0.3) is 0 Å². The second-order valence-corrected chi connectivity index (χ2v) is 4.35. The van der Waals surface area contributed by atoms with Gasteiger partial charge in [0.2, 0.25) is 0 Å². The van der Waals surface area contributed by atoms with Crippen LogP contribution < -0.4 is 16.8 Å². The lowest BCUT2D eigenvalue weighted by atomic mass is 10.2. The van der Waals surface area contributed by atoms with E-state index in [1.165, 1.54) is 6.07 Å². The molecule has 8 heteroatoms. The second-order valence-electron chi connectivity index (χ2n) is 2.81. The van der Waals surface area contributed by atoms with Crippen molar-refractivity contribution in [3.8, 4) is 0 Å². The van der Waals surface area contributed by atoms with Crippen LogP contribution in [0.4, 0.5) is 11.4 Å². The second kappa shape index (κ2) is 3.54. The van der Waals surface area contributed by atoms with Crippen molar-refractivity contribution < 1.29 is 24.3 Å². The monoisotopic (exact) mass is 232 g/mol. The molecule has 0 aromatic heterocycles. The van der Waals surface area contributed by atoms with Crippen LogP contribution >= 0.6 is 7.60 Å². The Kier molecular flexibility index (Phi) is 2.72. The summed E-state index contributed by atoms with van der Waals surface area (Å²) in [7, 11) is -4.76. The minimum absolute atomic E-state index is 0.0710. The molecule has 0 aliphatic carbocycles. The van der Waals surface area contributed by atoms with Gasteiger partial charge in [-0.1, -0.05) is 0 Å². The van der Waals surface area contributed by atoms with Gasteiger partial charge in [0.15, 0.2) is 0 Å². The summed E-state index contributed by atoms with van der Waals surface area (Å²) in [6.07, 6.45) is 0. The van der Waals surface area contributed by atoms with E-state index in [0.29, 0.717) is 0 Å². The molecule has 0 saturated heterocycles. The summed E-state index contributed by atoms with van der Waals surface area (Å²) >= 11 is 0. The highest BCUT2D eigenvalue weighted by Gasteiger charge is 2.28. The van der Waals surface area contributed by atoms with E-state index in [-0.39, 0.29) is 5.69 Å². The Bertz CT molecular complexity index is 467. The van der Waals surface area contributed by atoms with E-state index in [4.69, 9.17) is 26.4 Å². The first-order chi connectivity index (χ1) is 6.75. The van der Waals surface area contributed by atoms with Crippen LogP contribution in [0.1, 0.15) is 10.4 Å². The fourth-order valence-corrected chi connectivity index (χ4v) is 2.04. The number of nitrogens with two attached hydrogens (primary N) is 2. The highest BCUT2D eigenvalue weighted by molar-refractivity contribution is 7.60. The summed E-state index contributed by atoms with van der Waals surface area (Å²) in [6, 6.07) is 2.18. The van der Waals surface area contributed by atoms with Gasteiger partial charge in [-0.15, -0.1) is 0 Å². The molecule has 7 N–H and O–H groups in total. The van der Waals surface area contributed by atoms with Crippen LogP contribution in [0.25, 0.3) is 0 Å². The number of hydrogen-bond donors (Lipinski definition) is 5. The lowest BCUT2D eigenvalue weighted by Crippen LogP contribution is -2.21. The smallest absolute Gasteiger partial charge is 0.359 e. The lowest BCUT2D eigenvalue weighted by molar-refractivity contribution is 0.0698.